The van der Waals surface area contributed by atoms with Gasteiger partial charge in [0.15, 0.2) is 5.82 Å². The maximum absolute atomic E-state index is 4.55. The third kappa shape index (κ3) is 2.32. The van der Waals surface area contributed by atoms with Crippen LogP contribution in [-0.4, -0.2) is 13.7 Å². The first-order valence-corrected chi connectivity index (χ1v) is 7.21. The molecule has 0 unspecified atom stereocenters. The minimum Gasteiger partial charge on any atom is -0.355 e. The van der Waals surface area contributed by atoms with Gasteiger partial charge in [0, 0.05) is 21.8 Å². The van der Waals surface area contributed by atoms with Crippen molar-refractivity contribution in [3.05, 3.63) is 22.5 Å². The maximum Gasteiger partial charge on any atom is 0.202 e. The molecule has 1 saturated carbocycles. The summed E-state index contributed by atoms with van der Waals surface area (Å²) in [7, 11) is 0. The molecule has 0 aliphatic heterocycles. The van der Waals surface area contributed by atoms with E-state index >= 15 is 0 Å². The summed E-state index contributed by atoms with van der Waals surface area (Å²) in [6.07, 6.45) is 2.44. The van der Waals surface area contributed by atoms with Crippen LogP contribution < -0.4 is 5.32 Å². The Morgan fingerprint density at radius 3 is 2.82 bits per heavy atom. The summed E-state index contributed by atoms with van der Waals surface area (Å²) in [4.78, 5) is 5.78. The van der Waals surface area contributed by atoms with E-state index in [9.17, 15) is 0 Å². The van der Waals surface area contributed by atoms with Crippen LogP contribution in [-0.2, 0) is 12.0 Å². The van der Waals surface area contributed by atoms with E-state index in [1.807, 2.05) is 6.92 Å². The van der Waals surface area contributed by atoms with Gasteiger partial charge >= 0.3 is 0 Å². The van der Waals surface area contributed by atoms with Gasteiger partial charge in [0.1, 0.15) is 0 Å². The first kappa shape index (κ1) is 11.1. The van der Waals surface area contributed by atoms with Crippen molar-refractivity contribution in [3.63, 3.8) is 0 Å². The SMILES string of the molecule is Cc1cc(CNc2nc(C3(C)CC3)ns2)sn1. The Hall–Kier alpha value is -1.01. The molecule has 0 amide bonds. The fraction of sp³-hybridized carbons (Fsp3) is 0.545. The zero-order chi connectivity index (χ0) is 11.9. The maximum atomic E-state index is 4.55. The van der Waals surface area contributed by atoms with Crippen molar-refractivity contribution >= 4 is 28.2 Å². The minimum atomic E-state index is 0.261. The normalized spacial score (nSPS) is 17.1. The molecule has 2 heterocycles. The third-order valence-corrected chi connectivity index (χ3v) is 4.61. The van der Waals surface area contributed by atoms with Gasteiger partial charge in [-0.05, 0) is 37.4 Å². The lowest BCUT2D eigenvalue weighted by molar-refractivity contribution is 0.728. The number of anilines is 1. The van der Waals surface area contributed by atoms with Gasteiger partial charge in [-0.3, -0.25) is 0 Å². The van der Waals surface area contributed by atoms with Crippen molar-refractivity contribution in [2.45, 2.75) is 38.6 Å². The van der Waals surface area contributed by atoms with Gasteiger partial charge in [0.2, 0.25) is 5.13 Å². The van der Waals surface area contributed by atoms with Crippen molar-refractivity contribution in [1.29, 1.82) is 0 Å². The fourth-order valence-electron chi connectivity index (χ4n) is 1.61. The van der Waals surface area contributed by atoms with Gasteiger partial charge in [0.05, 0.1) is 12.2 Å². The van der Waals surface area contributed by atoms with Gasteiger partial charge in [-0.1, -0.05) is 6.92 Å². The van der Waals surface area contributed by atoms with Crippen LogP contribution in [0.25, 0.3) is 0 Å². The Bertz CT molecular complexity index is 527. The molecule has 6 heteroatoms. The molecule has 1 N–H and O–H groups in total. The summed E-state index contributed by atoms with van der Waals surface area (Å²) in [5.74, 6) is 1.01. The van der Waals surface area contributed by atoms with Gasteiger partial charge in [-0.25, -0.2) is 4.98 Å². The van der Waals surface area contributed by atoms with Crippen LogP contribution >= 0.6 is 23.1 Å². The highest BCUT2D eigenvalue weighted by atomic mass is 32.1. The van der Waals surface area contributed by atoms with Gasteiger partial charge < -0.3 is 5.32 Å². The van der Waals surface area contributed by atoms with Crippen LogP contribution in [0.2, 0.25) is 0 Å². The number of aryl methyl sites for hydroxylation is 1. The predicted molar refractivity (Wildman–Crippen MR) is 70.7 cm³/mol. The largest absolute Gasteiger partial charge is 0.355 e. The molecule has 3 rings (SSSR count). The van der Waals surface area contributed by atoms with Crippen molar-refractivity contribution in [2.24, 2.45) is 0 Å². The van der Waals surface area contributed by atoms with E-state index in [4.69, 9.17) is 0 Å². The molecule has 2 aromatic rings. The van der Waals surface area contributed by atoms with Crippen molar-refractivity contribution in [2.75, 3.05) is 5.32 Å². The zero-order valence-corrected chi connectivity index (χ0v) is 11.5. The van der Waals surface area contributed by atoms with E-state index in [2.05, 4.69) is 32.0 Å². The molecule has 0 radical (unpaired) electrons. The highest BCUT2D eigenvalue weighted by molar-refractivity contribution is 7.09. The number of nitrogens with zero attached hydrogens (tertiary/aromatic N) is 3. The van der Waals surface area contributed by atoms with E-state index in [0.717, 1.165) is 23.2 Å². The Morgan fingerprint density at radius 1 is 1.35 bits per heavy atom. The molecule has 4 nitrogen and oxygen atoms in total. The summed E-state index contributed by atoms with van der Waals surface area (Å²) in [6.45, 7) is 5.03. The van der Waals surface area contributed by atoms with Crippen LogP contribution in [0, 0.1) is 6.92 Å². The number of hydrogen-bond donors (Lipinski definition) is 1. The molecule has 1 aliphatic rings. The Morgan fingerprint density at radius 2 is 2.18 bits per heavy atom. The van der Waals surface area contributed by atoms with Crippen molar-refractivity contribution in [1.82, 2.24) is 13.7 Å². The molecule has 90 valence electrons. The smallest absolute Gasteiger partial charge is 0.202 e. The second-order valence-corrected chi connectivity index (χ2v) is 6.41. The summed E-state index contributed by atoms with van der Waals surface area (Å²) < 4.78 is 8.68. The number of aromatic nitrogens is 3. The molecule has 1 fully saturated rings. The molecule has 2 aromatic heterocycles. The highest BCUT2D eigenvalue weighted by Gasteiger charge is 2.42. The van der Waals surface area contributed by atoms with Crippen LogP contribution in [0.4, 0.5) is 5.13 Å². The molecule has 0 saturated heterocycles. The van der Waals surface area contributed by atoms with Gasteiger partial charge in [0.25, 0.3) is 0 Å². The van der Waals surface area contributed by atoms with E-state index in [0.29, 0.717) is 0 Å². The van der Waals surface area contributed by atoms with E-state index in [-0.39, 0.29) is 5.41 Å². The van der Waals surface area contributed by atoms with Crippen LogP contribution in [0.1, 0.15) is 36.2 Å². The lowest BCUT2D eigenvalue weighted by atomic mass is 10.1. The molecule has 0 atom stereocenters. The van der Waals surface area contributed by atoms with Crippen molar-refractivity contribution in [3.8, 4) is 0 Å². The van der Waals surface area contributed by atoms with Crippen LogP contribution in [0.3, 0.4) is 0 Å². The Balaban J connectivity index is 1.63. The monoisotopic (exact) mass is 266 g/mol. The molecular formula is C11H14N4S2. The lowest BCUT2D eigenvalue weighted by Crippen LogP contribution is -2.03. The Labute approximate surface area is 108 Å². The molecular weight excluding hydrogens is 252 g/mol. The quantitative estimate of drug-likeness (QED) is 0.924. The summed E-state index contributed by atoms with van der Waals surface area (Å²) in [5.41, 5.74) is 1.34. The zero-order valence-electron chi connectivity index (χ0n) is 9.86. The predicted octanol–water partition coefficient (Wildman–Crippen LogP) is 2.97. The van der Waals surface area contributed by atoms with E-state index in [1.165, 1.54) is 40.8 Å². The summed E-state index contributed by atoms with van der Waals surface area (Å²) >= 11 is 2.99. The van der Waals surface area contributed by atoms with Crippen LogP contribution in [0.15, 0.2) is 6.07 Å². The second kappa shape index (κ2) is 4.03. The average molecular weight is 266 g/mol. The summed E-state index contributed by atoms with van der Waals surface area (Å²) in [5, 5.41) is 4.23. The Kier molecular flexibility index (Phi) is 2.63. The van der Waals surface area contributed by atoms with E-state index < -0.39 is 0 Å². The molecule has 1 aliphatic carbocycles. The average Bonchev–Trinajstić information content (AvgIpc) is 2.78. The van der Waals surface area contributed by atoms with Gasteiger partial charge in [-0.15, -0.1) is 0 Å². The van der Waals surface area contributed by atoms with Crippen molar-refractivity contribution < 1.29 is 0 Å². The van der Waals surface area contributed by atoms with E-state index in [1.54, 1.807) is 0 Å². The lowest BCUT2D eigenvalue weighted by Gasteiger charge is -2.00. The number of rotatable bonds is 4. The third-order valence-electron chi connectivity index (χ3n) is 3.06. The number of hydrogen-bond acceptors (Lipinski definition) is 6. The number of nitrogens with one attached hydrogen (secondary N) is 1. The topological polar surface area (TPSA) is 50.7 Å². The minimum absolute atomic E-state index is 0.261. The second-order valence-electron chi connectivity index (χ2n) is 4.77. The van der Waals surface area contributed by atoms with Gasteiger partial charge in [-0.2, -0.15) is 8.75 Å². The van der Waals surface area contributed by atoms with Crippen LogP contribution in [0.5, 0.6) is 0 Å². The molecule has 17 heavy (non-hydrogen) atoms. The fourth-order valence-corrected chi connectivity index (χ4v) is 2.99. The highest BCUT2D eigenvalue weighted by Crippen LogP contribution is 2.46. The first-order chi connectivity index (χ1) is 8.16. The summed E-state index contributed by atoms with van der Waals surface area (Å²) in [6, 6.07) is 2.10. The molecule has 0 spiro atoms. The molecule has 0 aromatic carbocycles. The standard InChI is InChI=1S/C11H14N4S2/c1-7-5-8(16-14-7)6-12-10-13-9(15-17-10)11(2)3-4-11/h5H,3-4,6H2,1-2H3,(H,12,13,15). The molecule has 0 bridgehead atoms. The first-order valence-electron chi connectivity index (χ1n) is 5.66.